The highest BCUT2D eigenvalue weighted by Gasteiger charge is 2.31. The van der Waals surface area contributed by atoms with Crippen molar-refractivity contribution in [3.05, 3.63) is 35.4 Å². The Morgan fingerprint density at radius 3 is 2.08 bits per heavy atom. The van der Waals surface area contributed by atoms with Crippen LogP contribution < -0.4 is 5.32 Å². The third-order valence-electron chi connectivity index (χ3n) is 4.73. The lowest BCUT2D eigenvalue weighted by Gasteiger charge is -2.31. The fraction of sp³-hybridized carbons (Fsp3) is 0.550. The van der Waals surface area contributed by atoms with Crippen LogP contribution in [0.25, 0.3) is 0 Å². The maximum atomic E-state index is 12.5. The molecule has 2 amide bonds. The van der Waals surface area contributed by atoms with Crippen LogP contribution in [0, 0.1) is 5.92 Å². The van der Waals surface area contributed by atoms with Crippen LogP contribution in [0.2, 0.25) is 0 Å². The highest BCUT2D eigenvalue weighted by molar-refractivity contribution is 5.95. The molecule has 6 heteroatoms. The molecular weight excluding hydrogens is 332 g/mol. The maximum Gasteiger partial charge on any atom is 0.305 e. The largest absolute Gasteiger partial charge is 0.481 e. The second-order valence-corrected chi connectivity index (χ2v) is 7.06. The van der Waals surface area contributed by atoms with Gasteiger partial charge in [0.15, 0.2) is 0 Å². The number of rotatable bonds is 9. The van der Waals surface area contributed by atoms with Crippen LogP contribution in [0.4, 0.5) is 0 Å². The summed E-state index contributed by atoms with van der Waals surface area (Å²) in [5, 5.41) is 12.0. The Labute approximate surface area is 155 Å². The van der Waals surface area contributed by atoms with Gasteiger partial charge in [0.2, 0.25) is 5.91 Å². The zero-order valence-electron chi connectivity index (χ0n) is 16.3. The molecule has 0 aliphatic carbocycles. The fourth-order valence-electron chi connectivity index (χ4n) is 2.88. The van der Waals surface area contributed by atoms with Crippen molar-refractivity contribution < 1.29 is 19.5 Å². The molecule has 0 saturated heterocycles. The van der Waals surface area contributed by atoms with E-state index in [1.165, 1.54) is 0 Å². The molecule has 0 radical (unpaired) electrons. The SMILES string of the molecule is CCC(CC)(CC(=O)O)NC(=O)c1ccc(CN(C)C(=O)C(C)C)cc1. The molecule has 1 rings (SSSR count). The van der Waals surface area contributed by atoms with Gasteiger partial charge >= 0.3 is 5.97 Å². The number of carboxylic acids is 1. The molecule has 6 nitrogen and oxygen atoms in total. The normalized spacial score (nSPS) is 11.3. The lowest BCUT2D eigenvalue weighted by Crippen LogP contribution is -2.49. The number of carbonyl (C=O) groups is 3. The molecule has 0 unspecified atom stereocenters. The Kier molecular flexibility index (Phi) is 7.80. The van der Waals surface area contributed by atoms with Crippen molar-refractivity contribution >= 4 is 17.8 Å². The molecule has 2 N–H and O–H groups in total. The zero-order valence-corrected chi connectivity index (χ0v) is 16.3. The van der Waals surface area contributed by atoms with E-state index in [1.54, 1.807) is 24.1 Å². The van der Waals surface area contributed by atoms with Crippen molar-refractivity contribution in [2.24, 2.45) is 5.92 Å². The molecular formula is C20H30N2O4. The highest BCUT2D eigenvalue weighted by atomic mass is 16.4. The van der Waals surface area contributed by atoms with Gasteiger partial charge in [-0.25, -0.2) is 0 Å². The van der Waals surface area contributed by atoms with Crippen molar-refractivity contribution in [1.29, 1.82) is 0 Å². The number of aliphatic carboxylic acids is 1. The summed E-state index contributed by atoms with van der Waals surface area (Å²) in [5.74, 6) is -1.21. The Morgan fingerprint density at radius 2 is 1.65 bits per heavy atom. The molecule has 0 fully saturated rings. The summed E-state index contributed by atoms with van der Waals surface area (Å²) in [6.45, 7) is 7.94. The van der Waals surface area contributed by atoms with Gasteiger partial charge < -0.3 is 15.3 Å². The van der Waals surface area contributed by atoms with Crippen LogP contribution in [0.5, 0.6) is 0 Å². The monoisotopic (exact) mass is 362 g/mol. The number of benzene rings is 1. The van der Waals surface area contributed by atoms with Gasteiger partial charge in [-0.05, 0) is 30.5 Å². The van der Waals surface area contributed by atoms with Crippen LogP contribution in [0.3, 0.4) is 0 Å². The second kappa shape index (κ2) is 9.36. The van der Waals surface area contributed by atoms with Crippen molar-refractivity contribution in [3.63, 3.8) is 0 Å². The third kappa shape index (κ3) is 5.86. The van der Waals surface area contributed by atoms with Gasteiger partial charge in [-0.2, -0.15) is 0 Å². The van der Waals surface area contributed by atoms with E-state index in [2.05, 4.69) is 5.32 Å². The molecule has 0 atom stereocenters. The van der Waals surface area contributed by atoms with Crippen LogP contribution >= 0.6 is 0 Å². The predicted molar refractivity (Wildman–Crippen MR) is 101 cm³/mol. The number of carbonyl (C=O) groups excluding carboxylic acids is 2. The zero-order chi connectivity index (χ0) is 19.9. The molecule has 1 aromatic rings. The minimum absolute atomic E-state index is 0.0597. The summed E-state index contributed by atoms with van der Waals surface area (Å²) >= 11 is 0. The van der Waals surface area contributed by atoms with E-state index in [9.17, 15) is 14.4 Å². The van der Waals surface area contributed by atoms with Crippen LogP contribution in [0.1, 0.15) is 62.9 Å². The summed E-state index contributed by atoms with van der Waals surface area (Å²) in [6, 6.07) is 7.04. The fourth-order valence-corrected chi connectivity index (χ4v) is 2.88. The Morgan fingerprint density at radius 1 is 1.12 bits per heavy atom. The number of nitrogens with zero attached hydrogens (tertiary/aromatic N) is 1. The maximum absolute atomic E-state index is 12.5. The smallest absolute Gasteiger partial charge is 0.305 e. The molecule has 0 aliphatic rings. The van der Waals surface area contributed by atoms with Gasteiger partial charge in [-0.3, -0.25) is 14.4 Å². The summed E-state index contributed by atoms with van der Waals surface area (Å²) in [6.07, 6.45) is 0.982. The van der Waals surface area contributed by atoms with E-state index in [0.29, 0.717) is 24.9 Å². The Bertz CT molecular complexity index is 634. The van der Waals surface area contributed by atoms with Gasteiger partial charge in [0.25, 0.3) is 5.91 Å². The standard InChI is InChI=1S/C20H30N2O4/c1-6-20(7-2,12-17(23)24)21-18(25)16-10-8-15(9-11-16)13-22(5)19(26)14(3)4/h8-11,14H,6-7,12-13H2,1-5H3,(H,21,25)(H,23,24). The van der Waals surface area contributed by atoms with Crippen molar-refractivity contribution in [1.82, 2.24) is 10.2 Å². The highest BCUT2D eigenvalue weighted by Crippen LogP contribution is 2.21. The quantitative estimate of drug-likeness (QED) is 0.707. The van der Waals surface area contributed by atoms with Crippen molar-refractivity contribution in [2.45, 2.75) is 59.0 Å². The van der Waals surface area contributed by atoms with E-state index >= 15 is 0 Å². The predicted octanol–water partition coefficient (Wildman–Crippen LogP) is 3.06. The Hall–Kier alpha value is -2.37. The number of nitrogens with one attached hydrogen (secondary N) is 1. The first kappa shape index (κ1) is 21.7. The molecule has 0 aliphatic heterocycles. The minimum Gasteiger partial charge on any atom is -0.481 e. The summed E-state index contributed by atoms with van der Waals surface area (Å²) in [5.41, 5.74) is 0.662. The third-order valence-corrected chi connectivity index (χ3v) is 4.73. The molecule has 0 bridgehead atoms. The summed E-state index contributed by atoms with van der Waals surface area (Å²) in [7, 11) is 1.76. The first-order chi connectivity index (χ1) is 12.1. The van der Waals surface area contributed by atoms with Crippen molar-refractivity contribution in [2.75, 3.05) is 7.05 Å². The molecule has 0 spiro atoms. The van der Waals surface area contributed by atoms with Crippen LogP contribution in [-0.2, 0) is 16.1 Å². The molecule has 0 saturated carbocycles. The number of carboxylic acid groups (broad SMARTS) is 1. The van der Waals surface area contributed by atoms with Crippen molar-refractivity contribution in [3.8, 4) is 0 Å². The first-order valence-corrected chi connectivity index (χ1v) is 9.02. The van der Waals surface area contributed by atoms with Gasteiger partial charge in [-0.15, -0.1) is 0 Å². The lowest BCUT2D eigenvalue weighted by molar-refractivity contribution is -0.138. The Balaban J connectivity index is 2.82. The van der Waals surface area contributed by atoms with E-state index in [4.69, 9.17) is 5.11 Å². The number of hydrogen-bond donors (Lipinski definition) is 2. The van der Waals surface area contributed by atoms with Crippen LogP contribution in [0.15, 0.2) is 24.3 Å². The molecule has 0 heterocycles. The molecule has 144 valence electrons. The average Bonchev–Trinajstić information content (AvgIpc) is 2.60. The number of hydrogen-bond acceptors (Lipinski definition) is 3. The first-order valence-electron chi connectivity index (χ1n) is 9.02. The molecule has 26 heavy (non-hydrogen) atoms. The van der Waals surface area contributed by atoms with E-state index in [-0.39, 0.29) is 24.2 Å². The summed E-state index contributed by atoms with van der Waals surface area (Å²) in [4.78, 5) is 37.2. The van der Waals surface area contributed by atoms with E-state index < -0.39 is 11.5 Å². The summed E-state index contributed by atoms with van der Waals surface area (Å²) < 4.78 is 0. The van der Waals surface area contributed by atoms with E-state index in [0.717, 1.165) is 5.56 Å². The van der Waals surface area contributed by atoms with Gasteiger partial charge in [0, 0.05) is 25.1 Å². The average molecular weight is 362 g/mol. The lowest BCUT2D eigenvalue weighted by atomic mass is 9.88. The van der Waals surface area contributed by atoms with E-state index in [1.807, 2.05) is 39.8 Å². The van der Waals surface area contributed by atoms with Crippen LogP contribution in [-0.4, -0.2) is 40.4 Å². The topological polar surface area (TPSA) is 86.7 Å². The molecule has 1 aromatic carbocycles. The second-order valence-electron chi connectivity index (χ2n) is 7.06. The van der Waals surface area contributed by atoms with Gasteiger partial charge in [0.1, 0.15) is 0 Å². The minimum atomic E-state index is -0.929. The molecule has 0 aromatic heterocycles. The number of amides is 2. The van der Waals surface area contributed by atoms with Gasteiger partial charge in [0.05, 0.1) is 12.0 Å². The van der Waals surface area contributed by atoms with Gasteiger partial charge in [-0.1, -0.05) is 39.8 Å².